The minimum absolute atomic E-state index is 0.185. The van der Waals surface area contributed by atoms with E-state index in [0.717, 1.165) is 44.9 Å². The van der Waals surface area contributed by atoms with E-state index in [4.69, 9.17) is 0 Å². The zero-order valence-electron chi connectivity index (χ0n) is 15.0. The van der Waals surface area contributed by atoms with Gasteiger partial charge in [-0.25, -0.2) is 0 Å². The van der Waals surface area contributed by atoms with Gasteiger partial charge < -0.3 is 10.6 Å². The SMILES string of the molecule is CNC1CCC(C(=O)N[C@H](C)Cc2ccc3c(c2)C=CCC3)CC1. The highest BCUT2D eigenvalue weighted by Crippen LogP contribution is 2.25. The van der Waals surface area contributed by atoms with Crippen LogP contribution in [0.4, 0.5) is 0 Å². The molecule has 0 radical (unpaired) electrons. The standard InChI is InChI=1S/C21H30N2O/c1-15(23-21(24)18-9-11-20(22-2)12-10-18)13-16-7-8-17-5-3-4-6-19(17)14-16/h4,6-8,14-15,18,20,22H,3,5,9-13H2,1-2H3,(H,23,24)/t15-,18?,20?/m1/s1. The van der Waals surface area contributed by atoms with E-state index in [1.165, 1.54) is 16.7 Å². The molecule has 0 unspecified atom stereocenters. The van der Waals surface area contributed by atoms with Gasteiger partial charge in [0.25, 0.3) is 0 Å². The van der Waals surface area contributed by atoms with Gasteiger partial charge in [0, 0.05) is 18.0 Å². The predicted molar refractivity (Wildman–Crippen MR) is 99.9 cm³/mol. The number of allylic oxidation sites excluding steroid dienone is 1. The summed E-state index contributed by atoms with van der Waals surface area (Å²) in [7, 11) is 2.01. The Morgan fingerprint density at radius 1 is 1.25 bits per heavy atom. The highest BCUT2D eigenvalue weighted by atomic mass is 16.1. The summed E-state index contributed by atoms with van der Waals surface area (Å²) in [5, 5.41) is 6.56. The number of rotatable bonds is 5. The zero-order chi connectivity index (χ0) is 16.9. The summed E-state index contributed by atoms with van der Waals surface area (Å²) in [5.74, 6) is 0.443. The van der Waals surface area contributed by atoms with E-state index in [1.807, 2.05) is 7.05 Å². The van der Waals surface area contributed by atoms with Gasteiger partial charge in [-0.15, -0.1) is 0 Å². The summed E-state index contributed by atoms with van der Waals surface area (Å²) >= 11 is 0. The van der Waals surface area contributed by atoms with Crippen molar-refractivity contribution >= 4 is 12.0 Å². The fourth-order valence-electron chi connectivity index (χ4n) is 4.01. The Morgan fingerprint density at radius 2 is 2.04 bits per heavy atom. The van der Waals surface area contributed by atoms with Crippen LogP contribution in [0.1, 0.15) is 55.7 Å². The van der Waals surface area contributed by atoms with Crippen LogP contribution in [-0.2, 0) is 17.6 Å². The molecule has 2 N–H and O–H groups in total. The average molecular weight is 326 g/mol. The molecule has 1 amide bonds. The molecule has 0 aromatic heterocycles. The lowest BCUT2D eigenvalue weighted by Crippen LogP contribution is -2.41. The predicted octanol–water partition coefficient (Wildman–Crippen LogP) is 3.47. The molecule has 3 nitrogen and oxygen atoms in total. The molecule has 1 fully saturated rings. The van der Waals surface area contributed by atoms with Crippen LogP contribution in [0.25, 0.3) is 6.08 Å². The summed E-state index contributed by atoms with van der Waals surface area (Å²) in [4.78, 5) is 12.5. The molecule has 0 heterocycles. The van der Waals surface area contributed by atoms with Crippen LogP contribution in [0.15, 0.2) is 24.3 Å². The Kier molecular flexibility index (Phi) is 5.72. The molecule has 24 heavy (non-hydrogen) atoms. The normalized spacial score (nSPS) is 24.2. The third kappa shape index (κ3) is 4.27. The molecule has 1 saturated carbocycles. The lowest BCUT2D eigenvalue weighted by molar-refractivity contribution is -0.126. The molecule has 1 aromatic rings. The Morgan fingerprint density at radius 3 is 2.79 bits per heavy atom. The van der Waals surface area contributed by atoms with E-state index in [-0.39, 0.29) is 17.9 Å². The van der Waals surface area contributed by atoms with Crippen LogP contribution >= 0.6 is 0 Å². The molecule has 1 aromatic carbocycles. The lowest BCUT2D eigenvalue weighted by atomic mass is 9.85. The van der Waals surface area contributed by atoms with Crippen LogP contribution in [0, 0.1) is 5.92 Å². The molecule has 0 spiro atoms. The van der Waals surface area contributed by atoms with Crippen LogP contribution < -0.4 is 10.6 Å². The first-order valence-electron chi connectivity index (χ1n) is 9.41. The number of nitrogens with one attached hydrogen (secondary N) is 2. The second-order valence-electron chi connectivity index (χ2n) is 7.43. The summed E-state index contributed by atoms with van der Waals surface area (Å²) in [5.41, 5.74) is 4.11. The molecule has 0 saturated heterocycles. The maximum atomic E-state index is 12.5. The van der Waals surface area contributed by atoms with Crippen molar-refractivity contribution in [3.63, 3.8) is 0 Å². The zero-order valence-corrected chi connectivity index (χ0v) is 15.0. The van der Waals surface area contributed by atoms with Crippen molar-refractivity contribution in [1.82, 2.24) is 10.6 Å². The first-order chi connectivity index (χ1) is 11.7. The molecule has 130 valence electrons. The number of amides is 1. The Hall–Kier alpha value is -1.61. The van der Waals surface area contributed by atoms with E-state index in [9.17, 15) is 4.79 Å². The molecule has 2 aliphatic carbocycles. The fraction of sp³-hybridized carbons (Fsp3) is 0.571. The lowest BCUT2D eigenvalue weighted by Gasteiger charge is -2.28. The number of aryl methyl sites for hydroxylation is 1. The van der Waals surface area contributed by atoms with Crippen LogP contribution in [0.5, 0.6) is 0 Å². The van der Waals surface area contributed by atoms with Gasteiger partial charge in [-0.2, -0.15) is 0 Å². The molecule has 0 bridgehead atoms. The molecule has 3 rings (SSSR count). The van der Waals surface area contributed by atoms with Crippen molar-refractivity contribution in [2.24, 2.45) is 5.92 Å². The van der Waals surface area contributed by atoms with E-state index in [2.05, 4.69) is 47.9 Å². The molecule has 1 atom stereocenters. The Bertz CT molecular complexity index is 600. The molecule has 2 aliphatic rings. The van der Waals surface area contributed by atoms with E-state index < -0.39 is 0 Å². The highest BCUT2D eigenvalue weighted by Gasteiger charge is 2.26. The number of carbonyl (C=O) groups is 1. The van der Waals surface area contributed by atoms with Crippen molar-refractivity contribution in [2.45, 2.75) is 64.0 Å². The Balaban J connectivity index is 1.51. The van der Waals surface area contributed by atoms with Gasteiger partial charge in [-0.05, 0) is 75.6 Å². The average Bonchev–Trinajstić information content (AvgIpc) is 2.61. The maximum absolute atomic E-state index is 12.5. The first kappa shape index (κ1) is 17.2. The maximum Gasteiger partial charge on any atom is 0.223 e. The van der Waals surface area contributed by atoms with Crippen molar-refractivity contribution in [2.75, 3.05) is 7.05 Å². The van der Waals surface area contributed by atoms with Gasteiger partial charge in [-0.1, -0.05) is 30.4 Å². The largest absolute Gasteiger partial charge is 0.353 e. The van der Waals surface area contributed by atoms with Gasteiger partial charge in [0.15, 0.2) is 0 Å². The molecular weight excluding hydrogens is 296 g/mol. The quantitative estimate of drug-likeness (QED) is 0.870. The number of hydrogen-bond donors (Lipinski definition) is 2. The number of hydrogen-bond acceptors (Lipinski definition) is 2. The first-order valence-corrected chi connectivity index (χ1v) is 9.41. The van der Waals surface area contributed by atoms with E-state index in [1.54, 1.807) is 0 Å². The second kappa shape index (κ2) is 7.98. The molecule has 0 aliphatic heterocycles. The van der Waals surface area contributed by atoms with Gasteiger partial charge >= 0.3 is 0 Å². The molecule has 3 heteroatoms. The van der Waals surface area contributed by atoms with Gasteiger partial charge in [0.05, 0.1) is 0 Å². The summed E-state index contributed by atoms with van der Waals surface area (Å²) in [6.07, 6.45) is 11.9. The van der Waals surface area contributed by atoms with Gasteiger partial charge in [0.2, 0.25) is 5.91 Å². The monoisotopic (exact) mass is 326 g/mol. The number of carbonyl (C=O) groups excluding carboxylic acids is 1. The Labute approximate surface area is 145 Å². The van der Waals surface area contributed by atoms with Crippen LogP contribution in [0.3, 0.4) is 0 Å². The fourth-order valence-corrected chi connectivity index (χ4v) is 4.01. The van der Waals surface area contributed by atoms with Gasteiger partial charge in [-0.3, -0.25) is 4.79 Å². The van der Waals surface area contributed by atoms with Crippen LogP contribution in [0.2, 0.25) is 0 Å². The topological polar surface area (TPSA) is 41.1 Å². The molecular formula is C21H30N2O. The number of benzene rings is 1. The summed E-state index contributed by atoms with van der Waals surface area (Å²) in [6, 6.07) is 7.53. The van der Waals surface area contributed by atoms with Crippen molar-refractivity contribution < 1.29 is 4.79 Å². The minimum Gasteiger partial charge on any atom is -0.353 e. The number of fused-ring (bicyclic) bond motifs is 1. The van der Waals surface area contributed by atoms with Crippen molar-refractivity contribution in [1.29, 1.82) is 0 Å². The van der Waals surface area contributed by atoms with Crippen LogP contribution in [-0.4, -0.2) is 25.0 Å². The van der Waals surface area contributed by atoms with Crippen molar-refractivity contribution in [3.05, 3.63) is 41.0 Å². The third-order valence-corrected chi connectivity index (χ3v) is 5.52. The highest BCUT2D eigenvalue weighted by molar-refractivity contribution is 5.79. The van der Waals surface area contributed by atoms with E-state index in [0.29, 0.717) is 6.04 Å². The second-order valence-corrected chi connectivity index (χ2v) is 7.43. The van der Waals surface area contributed by atoms with Crippen molar-refractivity contribution in [3.8, 4) is 0 Å². The smallest absolute Gasteiger partial charge is 0.223 e. The summed E-state index contributed by atoms with van der Waals surface area (Å²) in [6.45, 7) is 2.12. The van der Waals surface area contributed by atoms with E-state index >= 15 is 0 Å². The van der Waals surface area contributed by atoms with Gasteiger partial charge in [0.1, 0.15) is 0 Å². The minimum atomic E-state index is 0.185. The third-order valence-electron chi connectivity index (χ3n) is 5.52. The summed E-state index contributed by atoms with van der Waals surface area (Å²) < 4.78 is 0.